The summed E-state index contributed by atoms with van der Waals surface area (Å²) < 4.78 is 7.17. The van der Waals surface area contributed by atoms with Crippen LogP contribution in [0.5, 0.6) is 5.88 Å². The van der Waals surface area contributed by atoms with Crippen molar-refractivity contribution < 1.29 is 9.53 Å². The molecule has 0 aliphatic heterocycles. The summed E-state index contributed by atoms with van der Waals surface area (Å²) in [6, 6.07) is 11.8. The van der Waals surface area contributed by atoms with Crippen molar-refractivity contribution in [3.8, 4) is 5.88 Å². The predicted octanol–water partition coefficient (Wildman–Crippen LogP) is 2.38. The molecule has 1 aromatic heterocycles. The van der Waals surface area contributed by atoms with Crippen LogP contribution >= 0.6 is 0 Å². The largest absolute Gasteiger partial charge is 0.472 e. The number of nitrogens with zero attached hydrogens (tertiary/aromatic N) is 2. The third kappa shape index (κ3) is 4.95. The van der Waals surface area contributed by atoms with Crippen molar-refractivity contribution in [2.45, 2.75) is 39.5 Å². The highest BCUT2D eigenvalue weighted by atomic mass is 16.5. The second kappa shape index (κ2) is 7.47. The minimum absolute atomic E-state index is 0.0398. The van der Waals surface area contributed by atoms with Gasteiger partial charge in [-0.3, -0.25) is 9.48 Å². The molecule has 1 atom stereocenters. The van der Waals surface area contributed by atoms with E-state index in [1.54, 1.807) is 16.9 Å². The minimum atomic E-state index is -0.0398. The van der Waals surface area contributed by atoms with Gasteiger partial charge < -0.3 is 10.1 Å². The molecule has 0 saturated heterocycles. The van der Waals surface area contributed by atoms with E-state index in [0.717, 1.165) is 12.0 Å². The molecule has 1 heterocycles. The number of amides is 1. The highest BCUT2D eigenvalue weighted by Crippen LogP contribution is 2.09. The molecule has 21 heavy (non-hydrogen) atoms. The molecular weight excluding hydrogens is 266 g/mol. The standard InChI is InChI=1S/C16H21N3O2/c1-3-13(2)17-15(20)11-19-10-9-16(18-19)21-12-14-7-5-4-6-8-14/h4-10,13H,3,11-12H2,1-2H3,(H,17,20)/t13-/m1/s1. The summed E-state index contributed by atoms with van der Waals surface area (Å²) in [5.74, 6) is 0.484. The molecule has 0 radical (unpaired) electrons. The van der Waals surface area contributed by atoms with Crippen LogP contribution in [0.2, 0.25) is 0 Å². The second-order valence-corrected chi connectivity index (χ2v) is 5.00. The van der Waals surface area contributed by atoms with Gasteiger partial charge in [0.15, 0.2) is 0 Å². The Labute approximate surface area is 124 Å². The fraction of sp³-hybridized carbons (Fsp3) is 0.375. The molecule has 1 amide bonds. The SMILES string of the molecule is CC[C@@H](C)NC(=O)Cn1ccc(OCc2ccccc2)n1. The number of nitrogens with one attached hydrogen (secondary N) is 1. The predicted molar refractivity (Wildman–Crippen MR) is 80.9 cm³/mol. The van der Waals surface area contributed by atoms with Crippen molar-refractivity contribution in [2.75, 3.05) is 0 Å². The average molecular weight is 287 g/mol. The van der Waals surface area contributed by atoms with E-state index in [1.165, 1.54) is 0 Å². The van der Waals surface area contributed by atoms with Gasteiger partial charge in [0.25, 0.3) is 0 Å². The van der Waals surface area contributed by atoms with E-state index in [0.29, 0.717) is 12.5 Å². The number of benzene rings is 1. The van der Waals surface area contributed by atoms with Crippen molar-refractivity contribution in [2.24, 2.45) is 0 Å². The van der Waals surface area contributed by atoms with Crippen molar-refractivity contribution in [1.82, 2.24) is 15.1 Å². The van der Waals surface area contributed by atoms with Gasteiger partial charge in [0, 0.05) is 18.3 Å². The van der Waals surface area contributed by atoms with Gasteiger partial charge in [-0.15, -0.1) is 5.10 Å². The van der Waals surface area contributed by atoms with Gasteiger partial charge >= 0.3 is 0 Å². The summed E-state index contributed by atoms with van der Waals surface area (Å²) >= 11 is 0. The lowest BCUT2D eigenvalue weighted by Gasteiger charge is -2.10. The molecule has 0 fully saturated rings. The molecule has 0 aliphatic rings. The van der Waals surface area contributed by atoms with E-state index in [2.05, 4.69) is 10.4 Å². The fourth-order valence-corrected chi connectivity index (χ4v) is 1.81. The Morgan fingerprint density at radius 3 is 2.81 bits per heavy atom. The molecule has 0 spiro atoms. The third-order valence-corrected chi connectivity index (χ3v) is 3.17. The molecule has 1 aromatic carbocycles. The first-order valence-corrected chi connectivity index (χ1v) is 7.17. The average Bonchev–Trinajstić information content (AvgIpc) is 2.93. The lowest BCUT2D eigenvalue weighted by Crippen LogP contribution is -2.34. The van der Waals surface area contributed by atoms with Crippen LogP contribution in [0, 0.1) is 0 Å². The molecule has 0 bridgehead atoms. The van der Waals surface area contributed by atoms with Gasteiger partial charge in [0.1, 0.15) is 13.2 Å². The van der Waals surface area contributed by atoms with Gasteiger partial charge in [0.05, 0.1) is 0 Å². The number of aromatic nitrogens is 2. The molecule has 2 aromatic rings. The Morgan fingerprint density at radius 2 is 2.10 bits per heavy atom. The molecule has 1 N–H and O–H groups in total. The number of hydrogen-bond acceptors (Lipinski definition) is 3. The van der Waals surface area contributed by atoms with Crippen molar-refractivity contribution in [3.63, 3.8) is 0 Å². The molecular formula is C16H21N3O2. The number of ether oxygens (including phenoxy) is 1. The van der Waals surface area contributed by atoms with Crippen LogP contribution in [0.4, 0.5) is 0 Å². The Balaban J connectivity index is 1.82. The number of hydrogen-bond donors (Lipinski definition) is 1. The maximum absolute atomic E-state index is 11.8. The van der Waals surface area contributed by atoms with Crippen LogP contribution in [-0.2, 0) is 17.9 Å². The highest BCUT2D eigenvalue weighted by molar-refractivity contribution is 5.75. The quantitative estimate of drug-likeness (QED) is 0.850. The summed E-state index contributed by atoms with van der Waals surface area (Å²) in [5.41, 5.74) is 1.08. The topological polar surface area (TPSA) is 56.2 Å². The highest BCUT2D eigenvalue weighted by Gasteiger charge is 2.08. The first-order chi connectivity index (χ1) is 10.2. The second-order valence-electron chi connectivity index (χ2n) is 5.00. The number of rotatable bonds is 7. The number of carbonyl (C=O) groups excluding carboxylic acids is 1. The van der Waals surface area contributed by atoms with Gasteiger partial charge in [-0.05, 0) is 18.9 Å². The Morgan fingerprint density at radius 1 is 1.33 bits per heavy atom. The number of carbonyl (C=O) groups is 1. The van der Waals surface area contributed by atoms with Crippen molar-refractivity contribution in [1.29, 1.82) is 0 Å². The zero-order valence-corrected chi connectivity index (χ0v) is 12.5. The van der Waals surface area contributed by atoms with Gasteiger partial charge in [-0.2, -0.15) is 0 Å². The Kier molecular flexibility index (Phi) is 5.37. The molecule has 5 heteroatoms. The van der Waals surface area contributed by atoms with E-state index in [9.17, 15) is 4.79 Å². The maximum atomic E-state index is 11.8. The van der Waals surface area contributed by atoms with E-state index in [4.69, 9.17) is 4.74 Å². The van der Waals surface area contributed by atoms with Gasteiger partial charge in [-0.1, -0.05) is 37.3 Å². The molecule has 0 aliphatic carbocycles. The Hall–Kier alpha value is -2.30. The van der Waals surface area contributed by atoms with E-state index < -0.39 is 0 Å². The summed E-state index contributed by atoms with van der Waals surface area (Å²) in [5, 5.41) is 7.14. The van der Waals surface area contributed by atoms with Gasteiger partial charge in [-0.25, -0.2) is 0 Å². The monoisotopic (exact) mass is 287 g/mol. The lowest BCUT2D eigenvalue weighted by molar-refractivity contribution is -0.122. The molecule has 0 saturated carbocycles. The first-order valence-electron chi connectivity index (χ1n) is 7.17. The summed E-state index contributed by atoms with van der Waals surface area (Å²) in [6.45, 7) is 4.69. The third-order valence-electron chi connectivity index (χ3n) is 3.17. The van der Waals surface area contributed by atoms with E-state index >= 15 is 0 Å². The first kappa shape index (κ1) is 15.1. The smallest absolute Gasteiger partial charge is 0.241 e. The van der Waals surface area contributed by atoms with Crippen molar-refractivity contribution in [3.05, 3.63) is 48.2 Å². The Bertz CT molecular complexity index is 566. The van der Waals surface area contributed by atoms with E-state index in [-0.39, 0.29) is 18.5 Å². The molecule has 112 valence electrons. The fourth-order valence-electron chi connectivity index (χ4n) is 1.81. The molecule has 5 nitrogen and oxygen atoms in total. The van der Waals surface area contributed by atoms with Crippen LogP contribution in [0.15, 0.2) is 42.6 Å². The van der Waals surface area contributed by atoms with Crippen LogP contribution in [0.1, 0.15) is 25.8 Å². The van der Waals surface area contributed by atoms with E-state index in [1.807, 2.05) is 44.2 Å². The lowest BCUT2D eigenvalue weighted by atomic mass is 10.2. The summed E-state index contributed by atoms with van der Waals surface area (Å²) in [4.78, 5) is 11.8. The minimum Gasteiger partial charge on any atom is -0.472 e. The zero-order valence-electron chi connectivity index (χ0n) is 12.5. The van der Waals surface area contributed by atoms with Crippen LogP contribution < -0.4 is 10.1 Å². The van der Waals surface area contributed by atoms with Crippen LogP contribution in [0.3, 0.4) is 0 Å². The van der Waals surface area contributed by atoms with Gasteiger partial charge in [0.2, 0.25) is 11.8 Å². The maximum Gasteiger partial charge on any atom is 0.241 e. The molecule has 2 rings (SSSR count). The summed E-state index contributed by atoms with van der Waals surface area (Å²) in [6.07, 6.45) is 2.66. The zero-order chi connectivity index (χ0) is 15.1. The normalized spacial score (nSPS) is 11.9. The van der Waals surface area contributed by atoms with Crippen molar-refractivity contribution >= 4 is 5.91 Å². The molecule has 0 unspecified atom stereocenters. The van der Waals surface area contributed by atoms with Crippen LogP contribution in [0.25, 0.3) is 0 Å². The summed E-state index contributed by atoms with van der Waals surface area (Å²) in [7, 11) is 0. The van der Waals surface area contributed by atoms with Crippen LogP contribution in [-0.4, -0.2) is 21.7 Å².